The Morgan fingerprint density at radius 1 is 1.13 bits per heavy atom. The number of aliphatic imine (C=N–C) groups is 1. The van der Waals surface area contributed by atoms with Crippen LogP contribution in [-0.2, 0) is 20.0 Å². The van der Waals surface area contributed by atoms with Gasteiger partial charge in [0.2, 0.25) is 0 Å². The van der Waals surface area contributed by atoms with Crippen LogP contribution in [-0.4, -0.2) is 43.1 Å². The third-order valence-corrected chi connectivity index (χ3v) is 5.92. The molecule has 0 amide bonds. The van der Waals surface area contributed by atoms with E-state index >= 15 is 0 Å². The van der Waals surface area contributed by atoms with E-state index in [2.05, 4.69) is 50.2 Å². The minimum absolute atomic E-state index is 0.495. The zero-order valence-corrected chi connectivity index (χ0v) is 18.5. The van der Waals surface area contributed by atoms with Crippen molar-refractivity contribution in [1.82, 2.24) is 35.2 Å². The molecule has 2 N–H and O–H groups in total. The largest absolute Gasteiger partial charge is 0.356 e. The summed E-state index contributed by atoms with van der Waals surface area (Å²) in [4.78, 5) is 4.80. The first-order valence-electron chi connectivity index (χ1n) is 11.2. The Kier molecular flexibility index (Phi) is 6.96. The SMILES string of the molecule is Cc1nnc(CN=C(NCCc2ccc(-n3cccn3)cc2)NC2CCCCC2)n1C. The van der Waals surface area contributed by atoms with Gasteiger partial charge in [0.15, 0.2) is 11.8 Å². The van der Waals surface area contributed by atoms with Crippen LogP contribution < -0.4 is 10.6 Å². The number of hydrogen-bond donors (Lipinski definition) is 2. The fourth-order valence-electron chi connectivity index (χ4n) is 3.89. The molecule has 1 aliphatic carbocycles. The highest BCUT2D eigenvalue weighted by molar-refractivity contribution is 5.80. The van der Waals surface area contributed by atoms with E-state index in [1.165, 1.54) is 37.7 Å². The molecular weight excluding hydrogens is 388 g/mol. The van der Waals surface area contributed by atoms with Crippen LogP contribution in [0.4, 0.5) is 0 Å². The fraction of sp³-hybridized carbons (Fsp3) is 0.478. The molecule has 164 valence electrons. The molecule has 8 nitrogen and oxygen atoms in total. The number of benzene rings is 1. The number of hydrogen-bond acceptors (Lipinski definition) is 4. The molecule has 4 rings (SSSR count). The second-order valence-electron chi connectivity index (χ2n) is 8.16. The van der Waals surface area contributed by atoms with Gasteiger partial charge in [0.1, 0.15) is 12.4 Å². The average Bonchev–Trinajstić information content (AvgIpc) is 3.44. The molecule has 3 aromatic rings. The number of rotatable bonds is 7. The Bertz CT molecular complexity index is 966. The molecule has 0 radical (unpaired) electrons. The Morgan fingerprint density at radius 3 is 2.61 bits per heavy atom. The lowest BCUT2D eigenvalue weighted by Crippen LogP contribution is -2.44. The minimum Gasteiger partial charge on any atom is -0.356 e. The first kappa shape index (κ1) is 21.1. The van der Waals surface area contributed by atoms with Crippen LogP contribution in [0.3, 0.4) is 0 Å². The molecule has 0 atom stereocenters. The summed E-state index contributed by atoms with van der Waals surface area (Å²) in [5.41, 5.74) is 2.35. The summed E-state index contributed by atoms with van der Waals surface area (Å²) in [6.45, 7) is 3.28. The Hall–Kier alpha value is -3.16. The third kappa shape index (κ3) is 5.71. The van der Waals surface area contributed by atoms with E-state index in [0.29, 0.717) is 12.6 Å². The molecule has 1 aliphatic rings. The summed E-state index contributed by atoms with van der Waals surface area (Å²) >= 11 is 0. The lowest BCUT2D eigenvalue weighted by atomic mass is 9.96. The number of nitrogens with one attached hydrogen (secondary N) is 2. The van der Waals surface area contributed by atoms with Crippen molar-refractivity contribution < 1.29 is 0 Å². The molecule has 0 aliphatic heterocycles. The summed E-state index contributed by atoms with van der Waals surface area (Å²) in [5, 5.41) is 19.8. The van der Waals surface area contributed by atoms with Crippen LogP contribution in [0.2, 0.25) is 0 Å². The normalized spacial score (nSPS) is 15.2. The zero-order chi connectivity index (χ0) is 21.5. The molecule has 0 unspecified atom stereocenters. The maximum atomic E-state index is 4.80. The highest BCUT2D eigenvalue weighted by Gasteiger charge is 2.15. The van der Waals surface area contributed by atoms with Crippen LogP contribution in [0.1, 0.15) is 49.3 Å². The molecule has 31 heavy (non-hydrogen) atoms. The summed E-state index contributed by atoms with van der Waals surface area (Å²) < 4.78 is 3.86. The van der Waals surface area contributed by atoms with Crippen molar-refractivity contribution in [3.05, 3.63) is 59.9 Å². The minimum atomic E-state index is 0.495. The molecule has 2 aromatic heterocycles. The van der Waals surface area contributed by atoms with Gasteiger partial charge in [-0.25, -0.2) is 9.67 Å². The topological polar surface area (TPSA) is 85.0 Å². The van der Waals surface area contributed by atoms with Gasteiger partial charge in [-0.15, -0.1) is 10.2 Å². The standard InChI is InChI=1S/C23H32N8/c1-18-28-29-22(30(18)2)17-25-23(27-20-7-4-3-5-8-20)24-15-13-19-9-11-21(12-10-19)31-16-6-14-26-31/h6,9-12,14,16,20H,3-5,7-8,13,15,17H2,1-2H3,(H2,24,25,27). The summed E-state index contributed by atoms with van der Waals surface area (Å²) in [5.74, 6) is 2.63. The van der Waals surface area contributed by atoms with Crippen molar-refractivity contribution in [3.8, 4) is 5.69 Å². The lowest BCUT2D eigenvalue weighted by Gasteiger charge is -2.25. The quantitative estimate of drug-likeness (QED) is 0.453. The number of aryl methyl sites for hydroxylation is 1. The Labute approximate surface area is 183 Å². The second kappa shape index (κ2) is 10.2. The van der Waals surface area contributed by atoms with Crippen LogP contribution in [0, 0.1) is 6.92 Å². The van der Waals surface area contributed by atoms with Crippen LogP contribution in [0.5, 0.6) is 0 Å². The van der Waals surface area contributed by atoms with Gasteiger partial charge in [0.05, 0.1) is 5.69 Å². The van der Waals surface area contributed by atoms with Gasteiger partial charge in [-0.2, -0.15) is 5.10 Å². The van der Waals surface area contributed by atoms with Crippen molar-refractivity contribution in [2.45, 2.75) is 58.0 Å². The van der Waals surface area contributed by atoms with E-state index in [1.54, 1.807) is 6.20 Å². The van der Waals surface area contributed by atoms with E-state index in [9.17, 15) is 0 Å². The van der Waals surface area contributed by atoms with Gasteiger partial charge < -0.3 is 15.2 Å². The van der Waals surface area contributed by atoms with Crippen molar-refractivity contribution in [2.24, 2.45) is 12.0 Å². The second-order valence-corrected chi connectivity index (χ2v) is 8.16. The van der Waals surface area contributed by atoms with Crippen molar-refractivity contribution in [2.75, 3.05) is 6.54 Å². The molecule has 0 bridgehead atoms. The first-order valence-corrected chi connectivity index (χ1v) is 11.2. The molecule has 8 heteroatoms. The summed E-state index contributed by atoms with van der Waals surface area (Å²) in [7, 11) is 1.98. The molecule has 1 fully saturated rings. The summed E-state index contributed by atoms with van der Waals surface area (Å²) in [6, 6.07) is 11.0. The highest BCUT2D eigenvalue weighted by Crippen LogP contribution is 2.17. The maximum absolute atomic E-state index is 4.80. The van der Waals surface area contributed by atoms with E-state index in [1.807, 2.05) is 35.5 Å². The molecule has 2 heterocycles. The zero-order valence-electron chi connectivity index (χ0n) is 18.5. The fourth-order valence-corrected chi connectivity index (χ4v) is 3.89. The van der Waals surface area contributed by atoms with Crippen LogP contribution in [0.15, 0.2) is 47.7 Å². The Morgan fingerprint density at radius 2 is 1.94 bits per heavy atom. The van der Waals surface area contributed by atoms with Gasteiger partial charge in [-0.3, -0.25) is 0 Å². The van der Waals surface area contributed by atoms with Gasteiger partial charge in [0.25, 0.3) is 0 Å². The average molecular weight is 421 g/mol. The monoisotopic (exact) mass is 420 g/mol. The third-order valence-electron chi connectivity index (χ3n) is 5.92. The molecule has 0 saturated heterocycles. The molecule has 1 aromatic carbocycles. The van der Waals surface area contributed by atoms with Crippen molar-refractivity contribution in [3.63, 3.8) is 0 Å². The van der Waals surface area contributed by atoms with Gasteiger partial charge in [-0.05, 0) is 49.9 Å². The van der Waals surface area contributed by atoms with Gasteiger partial charge in [-0.1, -0.05) is 31.4 Å². The lowest BCUT2D eigenvalue weighted by molar-refractivity contribution is 0.410. The summed E-state index contributed by atoms with van der Waals surface area (Å²) in [6.07, 6.45) is 11.0. The van der Waals surface area contributed by atoms with Crippen molar-refractivity contribution >= 4 is 5.96 Å². The number of guanidine groups is 1. The van der Waals surface area contributed by atoms with Crippen molar-refractivity contribution in [1.29, 1.82) is 0 Å². The smallest absolute Gasteiger partial charge is 0.191 e. The van der Waals surface area contributed by atoms with E-state index in [-0.39, 0.29) is 0 Å². The Balaban J connectivity index is 1.35. The molecule has 1 saturated carbocycles. The molecular formula is C23H32N8. The number of nitrogens with zero attached hydrogens (tertiary/aromatic N) is 6. The predicted molar refractivity (Wildman–Crippen MR) is 122 cm³/mol. The van der Waals surface area contributed by atoms with E-state index in [0.717, 1.165) is 36.3 Å². The van der Waals surface area contributed by atoms with Crippen LogP contribution >= 0.6 is 0 Å². The van der Waals surface area contributed by atoms with Gasteiger partial charge in [0, 0.05) is 32.0 Å². The maximum Gasteiger partial charge on any atom is 0.191 e. The highest BCUT2D eigenvalue weighted by atomic mass is 15.3. The van der Waals surface area contributed by atoms with Gasteiger partial charge >= 0.3 is 0 Å². The van der Waals surface area contributed by atoms with E-state index in [4.69, 9.17) is 4.99 Å². The molecule has 0 spiro atoms. The van der Waals surface area contributed by atoms with Crippen LogP contribution in [0.25, 0.3) is 5.69 Å². The number of aromatic nitrogens is 5. The van der Waals surface area contributed by atoms with E-state index < -0.39 is 0 Å². The first-order chi connectivity index (χ1) is 15.2. The predicted octanol–water partition coefficient (Wildman–Crippen LogP) is 2.92.